The third-order valence-corrected chi connectivity index (χ3v) is 5.72. The molecule has 0 aliphatic rings. The van der Waals surface area contributed by atoms with Crippen molar-refractivity contribution in [1.82, 2.24) is 5.32 Å². The predicted molar refractivity (Wildman–Crippen MR) is 131 cm³/mol. The molecule has 0 aromatic heterocycles. The van der Waals surface area contributed by atoms with E-state index in [-0.39, 0.29) is 17.9 Å². The van der Waals surface area contributed by atoms with Gasteiger partial charge in [-0.3, -0.25) is 0 Å². The Morgan fingerprint density at radius 2 is 1.48 bits per heavy atom. The van der Waals surface area contributed by atoms with Crippen LogP contribution in [-0.2, 0) is 13.0 Å². The zero-order chi connectivity index (χ0) is 23.8. The molecule has 0 amide bonds. The van der Waals surface area contributed by atoms with Gasteiger partial charge in [0.2, 0.25) is 0 Å². The van der Waals surface area contributed by atoms with E-state index in [1.165, 1.54) is 6.07 Å². The van der Waals surface area contributed by atoms with E-state index in [2.05, 4.69) is 36.6 Å². The Kier molecular flexibility index (Phi) is 8.47. The number of hydrogen-bond donors (Lipinski definition) is 6. The summed E-state index contributed by atoms with van der Waals surface area (Å²) >= 11 is 0. The fourth-order valence-electron chi connectivity index (χ4n) is 3.75. The molecular weight excluding hydrogens is 416 g/mol. The van der Waals surface area contributed by atoms with Crippen LogP contribution in [0.5, 0.6) is 5.75 Å². The summed E-state index contributed by atoms with van der Waals surface area (Å²) in [5.41, 5.74) is 3.78. The van der Waals surface area contributed by atoms with Crippen molar-refractivity contribution in [2.24, 2.45) is 0 Å². The molecule has 0 fully saturated rings. The quantitative estimate of drug-likeness (QED) is 0.266. The average Bonchev–Trinajstić information content (AvgIpc) is 2.82. The summed E-state index contributed by atoms with van der Waals surface area (Å²) < 4.78 is 0. The molecule has 0 saturated heterocycles. The SMILES string of the molecule is CC(C)(Cc1ccc(NCC(O)c2ccccc2)cc1)NCC(O)c1ccc(O)c(CO)c1. The van der Waals surface area contributed by atoms with Gasteiger partial charge in [0.1, 0.15) is 5.75 Å². The summed E-state index contributed by atoms with van der Waals surface area (Å²) in [4.78, 5) is 0. The lowest BCUT2D eigenvalue weighted by atomic mass is 9.94. The zero-order valence-corrected chi connectivity index (χ0v) is 19.2. The van der Waals surface area contributed by atoms with Crippen molar-refractivity contribution in [1.29, 1.82) is 0 Å². The Bertz CT molecular complexity index is 1010. The minimum absolute atomic E-state index is 0.0225. The van der Waals surface area contributed by atoms with E-state index >= 15 is 0 Å². The predicted octanol–water partition coefficient (Wildman–Crippen LogP) is 3.67. The molecule has 0 heterocycles. The van der Waals surface area contributed by atoms with Gasteiger partial charge in [0, 0.05) is 29.9 Å². The van der Waals surface area contributed by atoms with Crippen LogP contribution in [0.4, 0.5) is 5.69 Å². The fourth-order valence-corrected chi connectivity index (χ4v) is 3.75. The molecular formula is C27H34N2O4. The highest BCUT2D eigenvalue weighted by atomic mass is 16.3. The van der Waals surface area contributed by atoms with Crippen LogP contribution in [0.1, 0.15) is 48.3 Å². The van der Waals surface area contributed by atoms with Gasteiger partial charge in [0.15, 0.2) is 0 Å². The van der Waals surface area contributed by atoms with E-state index in [1.807, 2.05) is 42.5 Å². The van der Waals surface area contributed by atoms with Gasteiger partial charge in [-0.2, -0.15) is 0 Å². The molecule has 0 saturated carbocycles. The highest BCUT2D eigenvalue weighted by molar-refractivity contribution is 5.45. The van der Waals surface area contributed by atoms with E-state index in [9.17, 15) is 20.4 Å². The number of aliphatic hydroxyl groups excluding tert-OH is 3. The maximum Gasteiger partial charge on any atom is 0.121 e. The van der Waals surface area contributed by atoms with E-state index in [4.69, 9.17) is 0 Å². The lowest BCUT2D eigenvalue weighted by Gasteiger charge is -2.28. The number of benzene rings is 3. The number of anilines is 1. The lowest BCUT2D eigenvalue weighted by Crippen LogP contribution is -2.43. The second-order valence-corrected chi connectivity index (χ2v) is 9.01. The second-order valence-electron chi connectivity index (χ2n) is 9.01. The fraction of sp³-hybridized carbons (Fsp3) is 0.333. The largest absolute Gasteiger partial charge is 0.508 e. The molecule has 0 spiro atoms. The minimum atomic E-state index is -0.752. The van der Waals surface area contributed by atoms with Gasteiger partial charge < -0.3 is 31.1 Å². The monoisotopic (exact) mass is 450 g/mol. The number of β-amino-alcohol motifs (C(OH)–C–C–N with tert-alkyl or cyclic N) is 1. The number of nitrogens with one attached hydrogen (secondary N) is 2. The van der Waals surface area contributed by atoms with Gasteiger partial charge in [-0.25, -0.2) is 0 Å². The van der Waals surface area contributed by atoms with Crippen molar-refractivity contribution in [3.05, 3.63) is 95.1 Å². The molecule has 2 unspecified atom stereocenters. The Morgan fingerprint density at radius 1 is 0.818 bits per heavy atom. The van der Waals surface area contributed by atoms with Crippen molar-refractivity contribution in [2.75, 3.05) is 18.4 Å². The van der Waals surface area contributed by atoms with Crippen molar-refractivity contribution >= 4 is 5.69 Å². The van der Waals surface area contributed by atoms with Crippen molar-refractivity contribution in [3.8, 4) is 5.75 Å². The maximum atomic E-state index is 10.5. The Hall–Kier alpha value is -2.90. The number of hydrogen-bond acceptors (Lipinski definition) is 6. The standard InChI is InChI=1S/C27H34N2O4/c1-27(2,29-17-26(33)21-10-13-24(31)22(14-21)18-30)15-19-8-11-23(12-9-19)28-16-25(32)20-6-4-3-5-7-20/h3-14,25-26,28-33H,15-18H2,1-2H3. The molecule has 0 radical (unpaired) electrons. The molecule has 6 N–H and O–H groups in total. The second kappa shape index (κ2) is 11.3. The van der Waals surface area contributed by atoms with Crippen LogP contribution >= 0.6 is 0 Å². The molecule has 3 aromatic rings. The summed E-state index contributed by atoms with van der Waals surface area (Å²) in [5, 5.41) is 46.5. The van der Waals surface area contributed by atoms with Crippen LogP contribution in [0.15, 0.2) is 72.8 Å². The van der Waals surface area contributed by atoms with E-state index in [0.717, 1.165) is 23.2 Å². The number of aromatic hydroxyl groups is 1. The number of rotatable bonds is 11. The maximum absolute atomic E-state index is 10.5. The summed E-state index contributed by atoms with van der Waals surface area (Å²) in [6.45, 7) is 4.67. The van der Waals surface area contributed by atoms with Crippen molar-refractivity contribution < 1.29 is 20.4 Å². The number of phenols is 1. The van der Waals surface area contributed by atoms with Crippen LogP contribution in [0.2, 0.25) is 0 Å². The molecule has 3 aromatic carbocycles. The lowest BCUT2D eigenvalue weighted by molar-refractivity contribution is 0.160. The zero-order valence-electron chi connectivity index (χ0n) is 19.2. The molecule has 0 aliphatic heterocycles. The van der Waals surface area contributed by atoms with Gasteiger partial charge in [-0.1, -0.05) is 48.5 Å². The first kappa shape index (κ1) is 24.7. The third kappa shape index (κ3) is 7.30. The highest BCUT2D eigenvalue weighted by Gasteiger charge is 2.20. The van der Waals surface area contributed by atoms with Crippen LogP contribution in [-0.4, -0.2) is 39.1 Å². The number of aliphatic hydroxyl groups is 3. The molecule has 3 rings (SSSR count). The third-order valence-electron chi connectivity index (χ3n) is 5.72. The van der Waals surface area contributed by atoms with Crippen molar-refractivity contribution in [3.63, 3.8) is 0 Å². The summed E-state index contributed by atoms with van der Waals surface area (Å²) in [6, 6.07) is 22.5. The topological polar surface area (TPSA) is 105 Å². The molecule has 176 valence electrons. The van der Waals surface area contributed by atoms with E-state index in [0.29, 0.717) is 24.2 Å². The molecule has 2 atom stereocenters. The Labute approximate surface area is 195 Å². The average molecular weight is 451 g/mol. The van der Waals surface area contributed by atoms with Crippen molar-refractivity contribution in [2.45, 2.75) is 44.6 Å². The van der Waals surface area contributed by atoms with Crippen LogP contribution in [0, 0.1) is 0 Å². The normalized spacial score (nSPS) is 13.5. The van der Waals surface area contributed by atoms with Gasteiger partial charge in [-0.05, 0) is 61.2 Å². The highest BCUT2D eigenvalue weighted by Crippen LogP contribution is 2.23. The van der Waals surface area contributed by atoms with Crippen LogP contribution < -0.4 is 10.6 Å². The molecule has 33 heavy (non-hydrogen) atoms. The van der Waals surface area contributed by atoms with Gasteiger partial charge in [-0.15, -0.1) is 0 Å². The van der Waals surface area contributed by atoms with Crippen LogP contribution in [0.25, 0.3) is 0 Å². The molecule has 6 heteroatoms. The summed E-state index contributed by atoms with van der Waals surface area (Å²) in [5.74, 6) is 0.0225. The molecule has 0 bridgehead atoms. The first-order chi connectivity index (χ1) is 15.8. The van der Waals surface area contributed by atoms with Gasteiger partial charge >= 0.3 is 0 Å². The van der Waals surface area contributed by atoms with Gasteiger partial charge in [0.05, 0.1) is 18.8 Å². The smallest absolute Gasteiger partial charge is 0.121 e. The molecule has 6 nitrogen and oxygen atoms in total. The first-order valence-corrected chi connectivity index (χ1v) is 11.2. The van der Waals surface area contributed by atoms with Gasteiger partial charge in [0.25, 0.3) is 0 Å². The summed E-state index contributed by atoms with van der Waals surface area (Å²) in [7, 11) is 0. The van der Waals surface area contributed by atoms with E-state index in [1.54, 1.807) is 12.1 Å². The Balaban J connectivity index is 1.50. The summed E-state index contributed by atoms with van der Waals surface area (Å²) in [6.07, 6.45) is -0.551. The minimum Gasteiger partial charge on any atom is -0.508 e. The molecule has 0 aliphatic carbocycles. The van der Waals surface area contributed by atoms with Crippen LogP contribution in [0.3, 0.4) is 0 Å². The van der Waals surface area contributed by atoms with E-state index < -0.39 is 12.2 Å². The first-order valence-electron chi connectivity index (χ1n) is 11.2. The Morgan fingerprint density at radius 3 is 2.15 bits per heavy atom.